The van der Waals surface area contributed by atoms with Gasteiger partial charge in [0.25, 0.3) is 0 Å². The predicted molar refractivity (Wildman–Crippen MR) is 51.2 cm³/mol. The van der Waals surface area contributed by atoms with Crippen LogP contribution < -0.4 is 0 Å². The molecule has 0 radical (unpaired) electrons. The van der Waals surface area contributed by atoms with Crippen molar-refractivity contribution < 1.29 is 14.3 Å². The van der Waals surface area contributed by atoms with E-state index in [4.69, 9.17) is 9.47 Å². The zero-order chi connectivity index (χ0) is 10.6. The number of carbonyl (C=O) groups excluding carboxylic acids is 1. The molecule has 0 aliphatic carbocycles. The Morgan fingerprint density at radius 3 is 2.15 bits per heavy atom. The molecule has 76 valence electrons. The number of hydrogen-bond acceptors (Lipinski definition) is 3. The summed E-state index contributed by atoms with van der Waals surface area (Å²) in [6.07, 6.45) is -0.538. The van der Waals surface area contributed by atoms with Crippen molar-refractivity contribution in [1.82, 2.24) is 0 Å². The zero-order valence-electron chi connectivity index (χ0n) is 9.01. The molecule has 0 aliphatic rings. The van der Waals surface area contributed by atoms with Crippen LogP contribution in [0.1, 0.15) is 34.6 Å². The summed E-state index contributed by atoms with van der Waals surface area (Å²) >= 11 is 0. The van der Waals surface area contributed by atoms with Crippen LogP contribution in [0.3, 0.4) is 0 Å². The molecule has 0 amide bonds. The molecule has 0 aromatic rings. The molecule has 3 heteroatoms. The lowest BCUT2D eigenvalue weighted by molar-refractivity contribution is -0.193. The maximum absolute atomic E-state index is 11.0. The Labute approximate surface area is 79.7 Å². The topological polar surface area (TPSA) is 35.5 Å². The quantitative estimate of drug-likeness (QED) is 0.385. The van der Waals surface area contributed by atoms with Crippen molar-refractivity contribution in [3.05, 3.63) is 12.2 Å². The van der Waals surface area contributed by atoms with Crippen molar-refractivity contribution in [3.8, 4) is 0 Å². The highest BCUT2D eigenvalue weighted by atomic mass is 16.7. The van der Waals surface area contributed by atoms with E-state index in [-0.39, 0.29) is 5.60 Å². The first-order valence-electron chi connectivity index (χ1n) is 4.26. The summed E-state index contributed by atoms with van der Waals surface area (Å²) in [6, 6.07) is 0. The van der Waals surface area contributed by atoms with Gasteiger partial charge in [0.05, 0.1) is 5.60 Å². The Hall–Kier alpha value is -0.830. The molecule has 0 saturated heterocycles. The molecule has 0 aromatic heterocycles. The highest BCUT2D eigenvalue weighted by Gasteiger charge is 2.18. The average molecular weight is 186 g/mol. The highest BCUT2D eigenvalue weighted by Crippen LogP contribution is 2.12. The molecule has 0 heterocycles. The van der Waals surface area contributed by atoms with Gasteiger partial charge < -0.3 is 9.47 Å². The number of carbonyl (C=O) groups is 1. The third-order valence-corrected chi connectivity index (χ3v) is 1.14. The molecule has 3 nitrogen and oxygen atoms in total. The molecule has 0 saturated carbocycles. The molecule has 1 atom stereocenters. The molecule has 1 unspecified atom stereocenters. The third-order valence-electron chi connectivity index (χ3n) is 1.14. The average Bonchev–Trinajstić information content (AvgIpc) is 1.81. The summed E-state index contributed by atoms with van der Waals surface area (Å²) in [4.78, 5) is 11.0. The largest absolute Gasteiger partial charge is 0.433 e. The molecule has 0 bridgehead atoms. The predicted octanol–water partition coefficient (Wildman–Crippen LogP) is 2.27. The van der Waals surface area contributed by atoms with Crippen LogP contribution in [-0.2, 0) is 14.3 Å². The van der Waals surface area contributed by atoms with Gasteiger partial charge in [-0.1, -0.05) is 6.58 Å². The van der Waals surface area contributed by atoms with Gasteiger partial charge in [0.1, 0.15) is 0 Å². The second-order valence-corrected chi connectivity index (χ2v) is 3.98. The van der Waals surface area contributed by atoms with Crippen molar-refractivity contribution in [1.29, 1.82) is 0 Å². The molecule has 0 N–H and O–H groups in total. The smallest absolute Gasteiger partial charge is 0.335 e. The van der Waals surface area contributed by atoms with Crippen molar-refractivity contribution >= 4 is 5.97 Å². The van der Waals surface area contributed by atoms with Gasteiger partial charge in [-0.2, -0.15) is 0 Å². The van der Waals surface area contributed by atoms with E-state index in [9.17, 15) is 4.79 Å². The molecular formula is C10H18O3. The highest BCUT2D eigenvalue weighted by molar-refractivity contribution is 5.86. The normalized spacial score (nSPS) is 13.6. The van der Waals surface area contributed by atoms with Gasteiger partial charge in [-0.15, -0.1) is 0 Å². The lowest BCUT2D eigenvalue weighted by atomic mass is 10.2. The number of ether oxygens (including phenoxy) is 2. The van der Waals surface area contributed by atoms with E-state index < -0.39 is 12.3 Å². The van der Waals surface area contributed by atoms with Crippen LogP contribution >= 0.6 is 0 Å². The molecule has 0 aromatic carbocycles. The Morgan fingerprint density at radius 1 is 1.38 bits per heavy atom. The third kappa shape index (κ3) is 6.34. The summed E-state index contributed by atoms with van der Waals surface area (Å²) < 4.78 is 10.3. The van der Waals surface area contributed by atoms with Gasteiger partial charge in [0.2, 0.25) is 6.29 Å². The maximum Gasteiger partial charge on any atom is 0.335 e. The fourth-order valence-electron chi connectivity index (χ4n) is 0.773. The van der Waals surface area contributed by atoms with Gasteiger partial charge in [-0.3, -0.25) is 0 Å². The summed E-state index contributed by atoms with van der Waals surface area (Å²) in [5, 5.41) is 0. The SMILES string of the molecule is C=C(C)C(=O)OC(C)OC(C)(C)C. The summed E-state index contributed by atoms with van der Waals surface area (Å²) in [5.41, 5.74) is 0.0683. The van der Waals surface area contributed by atoms with E-state index in [1.807, 2.05) is 20.8 Å². The van der Waals surface area contributed by atoms with Crippen molar-refractivity contribution in [2.75, 3.05) is 0 Å². The molecule has 0 spiro atoms. The molecular weight excluding hydrogens is 168 g/mol. The maximum atomic E-state index is 11.0. The van der Waals surface area contributed by atoms with Gasteiger partial charge in [0.15, 0.2) is 0 Å². The zero-order valence-corrected chi connectivity index (χ0v) is 9.01. The van der Waals surface area contributed by atoms with Gasteiger partial charge in [-0.25, -0.2) is 4.79 Å². The minimum atomic E-state index is -0.538. The van der Waals surface area contributed by atoms with Crippen LogP contribution in [0.4, 0.5) is 0 Å². The van der Waals surface area contributed by atoms with Crippen LogP contribution in [0.25, 0.3) is 0 Å². The summed E-state index contributed by atoms with van der Waals surface area (Å²) in [7, 11) is 0. The van der Waals surface area contributed by atoms with Gasteiger partial charge >= 0.3 is 5.97 Å². The summed E-state index contributed by atoms with van der Waals surface area (Å²) in [6.45, 7) is 12.5. The minimum absolute atomic E-state index is 0.311. The van der Waals surface area contributed by atoms with E-state index in [0.717, 1.165) is 0 Å². The first-order valence-corrected chi connectivity index (χ1v) is 4.26. The Balaban J connectivity index is 3.95. The first kappa shape index (κ1) is 12.2. The molecule has 0 fully saturated rings. The first-order chi connectivity index (χ1) is 5.72. The van der Waals surface area contributed by atoms with E-state index >= 15 is 0 Å². The fourth-order valence-corrected chi connectivity index (χ4v) is 0.773. The standard InChI is InChI=1S/C10H18O3/c1-7(2)9(11)12-8(3)13-10(4,5)6/h8H,1H2,2-6H3. The fraction of sp³-hybridized carbons (Fsp3) is 0.700. The second-order valence-electron chi connectivity index (χ2n) is 3.98. The van der Waals surface area contributed by atoms with Gasteiger partial charge in [0, 0.05) is 5.57 Å². The number of rotatable bonds is 3. The number of hydrogen-bond donors (Lipinski definition) is 0. The Morgan fingerprint density at radius 2 is 1.85 bits per heavy atom. The van der Waals surface area contributed by atoms with Crippen molar-refractivity contribution in [2.24, 2.45) is 0 Å². The van der Waals surface area contributed by atoms with Gasteiger partial charge in [-0.05, 0) is 34.6 Å². The number of esters is 1. The minimum Gasteiger partial charge on any atom is -0.433 e. The van der Waals surface area contributed by atoms with Crippen LogP contribution in [0.2, 0.25) is 0 Å². The summed E-state index contributed by atoms with van der Waals surface area (Å²) in [5.74, 6) is -0.420. The van der Waals surface area contributed by atoms with Crippen LogP contribution in [0.15, 0.2) is 12.2 Å². The Kier molecular flexibility index (Phi) is 4.14. The molecule has 0 aliphatic heterocycles. The molecule has 13 heavy (non-hydrogen) atoms. The Bertz CT molecular complexity index is 201. The van der Waals surface area contributed by atoms with E-state index in [0.29, 0.717) is 5.57 Å². The lowest BCUT2D eigenvalue weighted by Crippen LogP contribution is -2.29. The van der Waals surface area contributed by atoms with Crippen LogP contribution in [0.5, 0.6) is 0 Å². The monoisotopic (exact) mass is 186 g/mol. The van der Waals surface area contributed by atoms with Crippen molar-refractivity contribution in [3.63, 3.8) is 0 Å². The van der Waals surface area contributed by atoms with Crippen LogP contribution in [-0.4, -0.2) is 17.9 Å². The molecule has 0 rings (SSSR count). The van der Waals surface area contributed by atoms with Crippen LogP contribution in [0, 0.1) is 0 Å². The van der Waals surface area contributed by atoms with Crippen molar-refractivity contribution in [2.45, 2.75) is 46.5 Å². The lowest BCUT2D eigenvalue weighted by Gasteiger charge is -2.24. The van der Waals surface area contributed by atoms with E-state index in [1.165, 1.54) is 0 Å². The second kappa shape index (κ2) is 4.42. The van der Waals surface area contributed by atoms with E-state index in [2.05, 4.69) is 6.58 Å². The van der Waals surface area contributed by atoms with E-state index in [1.54, 1.807) is 13.8 Å².